The number of nitrogens with zero attached hydrogens (tertiary/aromatic N) is 2. The predicted molar refractivity (Wildman–Crippen MR) is 132 cm³/mol. The van der Waals surface area contributed by atoms with E-state index in [1.807, 2.05) is 12.1 Å². The number of halogens is 6. The number of para-hydroxylation sites is 1. The van der Waals surface area contributed by atoms with E-state index < -0.39 is 39.2 Å². The first kappa shape index (κ1) is 26.6. The molecule has 2 fully saturated rings. The van der Waals surface area contributed by atoms with Gasteiger partial charge in [-0.1, -0.05) is 0 Å². The van der Waals surface area contributed by atoms with Crippen LogP contribution < -0.4 is 0 Å². The molecule has 0 spiro atoms. The second-order valence-electron chi connectivity index (χ2n) is 10.0. The summed E-state index contributed by atoms with van der Waals surface area (Å²) in [5.41, 5.74) is 1.82. The SMILES string of the molecule is CCc1cccc2cc(C[As]Cc3cc(C(F)(F)F)cc(C(F)(F)F)c3)c(CN(C3CC3)C3CC3)nc12. The Balaban J connectivity index is 1.41. The molecule has 1 radical (unpaired) electrons. The first-order valence-electron chi connectivity index (χ1n) is 12.6. The number of alkyl halides is 6. The van der Waals surface area contributed by atoms with E-state index in [-0.39, 0.29) is 16.8 Å². The van der Waals surface area contributed by atoms with E-state index >= 15 is 0 Å². The molecule has 9 heteroatoms. The van der Waals surface area contributed by atoms with Crippen LogP contribution in [0.5, 0.6) is 0 Å². The monoisotopic (exact) mass is 581 g/mol. The molecular weight excluding hydrogens is 553 g/mol. The maximum absolute atomic E-state index is 13.3. The van der Waals surface area contributed by atoms with Gasteiger partial charge < -0.3 is 0 Å². The Kier molecular flexibility index (Phi) is 7.36. The van der Waals surface area contributed by atoms with Crippen LogP contribution in [0.2, 0.25) is 0 Å². The molecule has 3 aromatic rings. The van der Waals surface area contributed by atoms with Gasteiger partial charge in [-0.05, 0) is 0 Å². The van der Waals surface area contributed by atoms with E-state index in [0.717, 1.165) is 47.3 Å². The van der Waals surface area contributed by atoms with Gasteiger partial charge >= 0.3 is 219 Å². The van der Waals surface area contributed by atoms with Gasteiger partial charge in [-0.15, -0.1) is 0 Å². The minimum atomic E-state index is -4.83. The van der Waals surface area contributed by atoms with Gasteiger partial charge in [0.25, 0.3) is 0 Å². The Morgan fingerprint density at radius 1 is 0.838 bits per heavy atom. The summed E-state index contributed by atoms with van der Waals surface area (Å²) in [4.78, 5) is 7.65. The first-order valence-corrected chi connectivity index (χ1v) is 15.3. The van der Waals surface area contributed by atoms with Crippen molar-refractivity contribution < 1.29 is 26.3 Å². The van der Waals surface area contributed by atoms with Gasteiger partial charge in [-0.25, -0.2) is 0 Å². The summed E-state index contributed by atoms with van der Waals surface area (Å²) in [6.45, 7) is 2.85. The van der Waals surface area contributed by atoms with Crippen molar-refractivity contribution >= 4 is 26.7 Å². The predicted octanol–water partition coefficient (Wildman–Crippen LogP) is 7.37. The van der Waals surface area contributed by atoms with Crippen LogP contribution in [0.1, 0.15) is 66.1 Å². The van der Waals surface area contributed by atoms with Crippen molar-refractivity contribution in [1.29, 1.82) is 0 Å². The molecule has 1 aromatic heterocycles. The third kappa shape index (κ3) is 6.34. The topological polar surface area (TPSA) is 16.1 Å². The molecule has 0 bridgehead atoms. The minimum absolute atomic E-state index is 0.0864. The molecule has 0 atom stereocenters. The second-order valence-corrected chi connectivity index (χ2v) is 12.3. The van der Waals surface area contributed by atoms with E-state index in [1.165, 1.54) is 31.2 Å². The van der Waals surface area contributed by atoms with Crippen molar-refractivity contribution in [2.45, 2.75) is 80.4 Å². The van der Waals surface area contributed by atoms with Crippen LogP contribution in [0.4, 0.5) is 26.3 Å². The van der Waals surface area contributed by atoms with E-state index in [0.29, 0.717) is 17.3 Å². The van der Waals surface area contributed by atoms with Crippen molar-refractivity contribution in [3.8, 4) is 0 Å². The van der Waals surface area contributed by atoms with Crippen LogP contribution in [0.3, 0.4) is 0 Å². The summed E-state index contributed by atoms with van der Waals surface area (Å²) < 4.78 is 79.7. The molecule has 2 aliphatic rings. The van der Waals surface area contributed by atoms with Gasteiger partial charge in [-0.2, -0.15) is 0 Å². The quantitative estimate of drug-likeness (QED) is 0.194. The van der Waals surface area contributed by atoms with Gasteiger partial charge in [0.05, 0.1) is 0 Å². The number of pyridine rings is 1. The summed E-state index contributed by atoms with van der Waals surface area (Å²) >= 11 is -0.564. The molecule has 0 amide bonds. The van der Waals surface area contributed by atoms with Crippen LogP contribution >= 0.6 is 0 Å². The third-order valence-corrected chi connectivity index (χ3v) is 9.49. The number of aryl methyl sites for hydroxylation is 1. The standard InChI is InChI=1S/C28H28AsF6N2/c1-2-18-4-3-5-19-12-20(25(36-26(18)19)16-37(23-6-7-23)24-8-9-24)15-29-14-17-10-21(27(30,31)32)13-22(11-17)28(33,34)35/h3-5,10-13,23-24H,2,6-9,14-16H2,1H3. The molecule has 2 nitrogen and oxygen atoms in total. The molecule has 0 saturated heterocycles. The zero-order valence-electron chi connectivity index (χ0n) is 20.5. The molecule has 5 rings (SSSR count). The molecule has 2 aromatic carbocycles. The molecular formula is C28H28AsF6N2. The third-order valence-electron chi connectivity index (χ3n) is 7.07. The summed E-state index contributed by atoms with van der Waals surface area (Å²) in [5, 5.41) is 1.87. The Hall–Kier alpha value is -2.05. The van der Waals surface area contributed by atoms with Crippen LogP contribution in [0.25, 0.3) is 10.9 Å². The van der Waals surface area contributed by atoms with Crippen molar-refractivity contribution in [1.82, 2.24) is 9.88 Å². The number of aromatic nitrogens is 1. The van der Waals surface area contributed by atoms with Gasteiger partial charge in [-0.3, -0.25) is 0 Å². The number of hydrogen-bond donors (Lipinski definition) is 0. The average Bonchev–Trinajstić information content (AvgIpc) is 3.75. The first-order chi connectivity index (χ1) is 17.5. The normalized spacial score (nSPS) is 17.0. The molecule has 197 valence electrons. The van der Waals surface area contributed by atoms with Crippen molar-refractivity contribution in [3.05, 3.63) is 76.0 Å². The summed E-state index contributed by atoms with van der Waals surface area (Å²) in [5.74, 6) is 0. The second kappa shape index (κ2) is 10.3. The van der Waals surface area contributed by atoms with Crippen molar-refractivity contribution in [2.24, 2.45) is 0 Å². The maximum atomic E-state index is 13.3. The van der Waals surface area contributed by atoms with Crippen LogP contribution in [0.15, 0.2) is 42.5 Å². The van der Waals surface area contributed by atoms with Gasteiger partial charge in [0.2, 0.25) is 0 Å². The average molecular weight is 581 g/mol. The van der Waals surface area contributed by atoms with Gasteiger partial charge in [0, 0.05) is 0 Å². The molecule has 0 aliphatic heterocycles. The van der Waals surface area contributed by atoms with Gasteiger partial charge in [0.15, 0.2) is 0 Å². The molecule has 1 heterocycles. The van der Waals surface area contributed by atoms with E-state index in [9.17, 15) is 26.3 Å². The Bertz CT molecular complexity index is 1230. The fourth-order valence-electron chi connectivity index (χ4n) is 4.86. The number of benzene rings is 2. The van der Waals surface area contributed by atoms with Gasteiger partial charge in [0.1, 0.15) is 0 Å². The Morgan fingerprint density at radius 2 is 1.46 bits per heavy atom. The molecule has 37 heavy (non-hydrogen) atoms. The summed E-state index contributed by atoms with van der Waals surface area (Å²) in [6.07, 6.45) is -4.00. The van der Waals surface area contributed by atoms with Crippen LogP contribution in [-0.4, -0.2) is 37.7 Å². The number of hydrogen-bond acceptors (Lipinski definition) is 2. The van der Waals surface area contributed by atoms with Crippen LogP contribution in [-0.2, 0) is 35.7 Å². The van der Waals surface area contributed by atoms with Crippen molar-refractivity contribution in [2.75, 3.05) is 0 Å². The molecule has 0 unspecified atom stereocenters. The fourth-order valence-corrected chi connectivity index (χ4v) is 7.10. The number of rotatable bonds is 9. The zero-order chi connectivity index (χ0) is 26.4. The zero-order valence-corrected chi connectivity index (χ0v) is 22.3. The Labute approximate surface area is 219 Å². The number of fused-ring (bicyclic) bond motifs is 1. The summed E-state index contributed by atoms with van der Waals surface area (Å²) in [7, 11) is 0. The van der Waals surface area contributed by atoms with E-state index in [4.69, 9.17) is 4.98 Å². The van der Waals surface area contributed by atoms with Crippen LogP contribution in [0, 0.1) is 0 Å². The van der Waals surface area contributed by atoms with E-state index in [2.05, 4.69) is 24.0 Å². The Morgan fingerprint density at radius 3 is 2.00 bits per heavy atom. The fraction of sp³-hybridized carbons (Fsp3) is 0.464. The molecule has 2 saturated carbocycles. The molecule has 2 aliphatic carbocycles. The van der Waals surface area contributed by atoms with Crippen molar-refractivity contribution in [3.63, 3.8) is 0 Å². The summed E-state index contributed by atoms with van der Waals surface area (Å²) in [6, 6.07) is 11.3. The van der Waals surface area contributed by atoms with E-state index in [1.54, 1.807) is 0 Å². The molecule has 0 N–H and O–H groups in total.